The number of rotatable bonds is 8. The molecule has 1 aliphatic rings. The van der Waals surface area contributed by atoms with Crippen LogP contribution in [-0.4, -0.2) is 65.3 Å². The number of amides is 2. The molecule has 0 aromatic heterocycles. The minimum atomic E-state index is -1.68. The molecule has 0 heterocycles. The van der Waals surface area contributed by atoms with Gasteiger partial charge in [-0.05, 0) is 84.3 Å². The monoisotopic (exact) mass is 589 g/mol. The average molecular weight is 590 g/mol. The summed E-state index contributed by atoms with van der Waals surface area (Å²) < 4.78 is 21.5. The van der Waals surface area contributed by atoms with E-state index in [1.54, 1.807) is 53.7 Å². The molecule has 0 aliphatic heterocycles. The molecule has 0 N–H and O–H groups in total. The van der Waals surface area contributed by atoms with Gasteiger partial charge in [-0.15, -0.1) is 0 Å². The van der Waals surface area contributed by atoms with Crippen LogP contribution in [0.25, 0.3) is 0 Å². The Labute approximate surface area is 249 Å². The first-order valence-corrected chi connectivity index (χ1v) is 14.5. The third-order valence-corrected chi connectivity index (χ3v) is 6.98. The van der Waals surface area contributed by atoms with Crippen molar-refractivity contribution in [1.29, 1.82) is 0 Å². The van der Waals surface area contributed by atoms with Crippen molar-refractivity contribution in [2.75, 3.05) is 7.11 Å². The average Bonchev–Trinajstić information content (AvgIpc) is 2.85. The first-order valence-electron chi connectivity index (χ1n) is 14.5. The molecule has 234 valence electrons. The molecule has 1 saturated carbocycles. The van der Waals surface area contributed by atoms with Crippen molar-refractivity contribution in [2.45, 2.75) is 111 Å². The lowest BCUT2D eigenvalue weighted by atomic mass is 9.75. The van der Waals surface area contributed by atoms with E-state index in [4.69, 9.17) is 18.9 Å². The Morgan fingerprint density at radius 2 is 1.45 bits per heavy atom. The van der Waals surface area contributed by atoms with Crippen LogP contribution in [0, 0.1) is 17.8 Å². The SMILES string of the molecule is COC(=O)C(CC(=O)c1cccc(C(=O)O[C@@H]2C[C@H](C)CC[C@H]2C(C)C)c1)N(C(=O)OC(C)(C)C)C(=O)OC(C)(C)C. The number of methoxy groups -OCH3 is 1. The zero-order valence-corrected chi connectivity index (χ0v) is 26.6. The highest BCUT2D eigenvalue weighted by Crippen LogP contribution is 2.35. The van der Waals surface area contributed by atoms with Crippen LogP contribution in [-0.2, 0) is 23.7 Å². The van der Waals surface area contributed by atoms with E-state index in [-0.39, 0.29) is 23.1 Å². The van der Waals surface area contributed by atoms with Crippen molar-refractivity contribution >= 4 is 29.9 Å². The highest BCUT2D eigenvalue weighted by molar-refractivity contribution is 6.03. The summed E-state index contributed by atoms with van der Waals surface area (Å²) in [5.41, 5.74) is -1.74. The molecule has 4 atom stereocenters. The smallest absolute Gasteiger partial charge is 0.420 e. The Hall–Kier alpha value is -3.43. The van der Waals surface area contributed by atoms with Gasteiger partial charge >= 0.3 is 24.1 Å². The van der Waals surface area contributed by atoms with Crippen LogP contribution in [0.15, 0.2) is 24.3 Å². The third kappa shape index (κ3) is 10.1. The zero-order valence-electron chi connectivity index (χ0n) is 26.6. The van der Waals surface area contributed by atoms with E-state index in [1.165, 1.54) is 12.1 Å². The number of hydrogen-bond donors (Lipinski definition) is 0. The van der Waals surface area contributed by atoms with Gasteiger partial charge in [-0.25, -0.2) is 19.2 Å². The van der Waals surface area contributed by atoms with Gasteiger partial charge in [0.2, 0.25) is 0 Å². The minimum Gasteiger partial charge on any atom is -0.467 e. The van der Waals surface area contributed by atoms with Crippen molar-refractivity contribution in [1.82, 2.24) is 4.90 Å². The lowest BCUT2D eigenvalue weighted by Gasteiger charge is -2.36. The van der Waals surface area contributed by atoms with Crippen molar-refractivity contribution in [3.05, 3.63) is 35.4 Å². The molecule has 1 aromatic rings. The van der Waals surface area contributed by atoms with Crippen molar-refractivity contribution < 1.29 is 42.9 Å². The van der Waals surface area contributed by atoms with E-state index in [1.807, 2.05) is 0 Å². The molecule has 42 heavy (non-hydrogen) atoms. The zero-order chi connectivity index (χ0) is 32.0. The van der Waals surface area contributed by atoms with Crippen LogP contribution in [0.4, 0.5) is 9.59 Å². The highest BCUT2D eigenvalue weighted by atomic mass is 16.6. The van der Waals surface area contributed by atoms with Gasteiger partial charge in [0.25, 0.3) is 0 Å². The lowest BCUT2D eigenvalue weighted by molar-refractivity contribution is -0.146. The summed E-state index contributed by atoms with van der Waals surface area (Å²) in [5, 5.41) is 0. The fraction of sp³-hybridized carbons (Fsp3) is 0.656. The number of ketones is 1. The Morgan fingerprint density at radius 1 is 0.905 bits per heavy atom. The Balaban J connectivity index is 2.35. The molecule has 2 amide bonds. The first-order chi connectivity index (χ1) is 19.3. The summed E-state index contributed by atoms with van der Waals surface area (Å²) in [6, 6.07) is 4.29. The largest absolute Gasteiger partial charge is 0.467 e. The Morgan fingerprint density at radius 3 is 1.95 bits per heavy atom. The van der Waals surface area contributed by atoms with Gasteiger partial charge in [-0.2, -0.15) is 4.90 Å². The molecule has 0 bridgehead atoms. The Bertz CT molecular complexity index is 1120. The second-order valence-corrected chi connectivity index (χ2v) is 13.3. The molecule has 1 aliphatic carbocycles. The van der Waals surface area contributed by atoms with E-state index in [0.717, 1.165) is 26.4 Å². The number of hydrogen-bond acceptors (Lipinski definition) is 9. The van der Waals surface area contributed by atoms with Crippen LogP contribution in [0.5, 0.6) is 0 Å². The number of benzene rings is 1. The fourth-order valence-corrected chi connectivity index (χ4v) is 4.94. The van der Waals surface area contributed by atoms with Gasteiger partial charge in [-0.3, -0.25) is 4.79 Å². The predicted molar refractivity (Wildman–Crippen MR) is 156 cm³/mol. The number of Topliss-reactive ketones (excluding diaryl/α,β-unsaturated/α-hetero) is 1. The standard InChI is InChI=1S/C32H47NO9/c1-19(2)23-15-14-20(3)16-26(23)40-27(35)22-13-11-12-21(17-22)25(34)18-24(28(36)39-10)33(29(37)41-31(4,5)6)30(38)42-32(7,8)9/h11-13,17,19-20,23-24,26H,14-16,18H2,1-10H3/t20-,23+,24?,26-/m1/s1. The van der Waals surface area contributed by atoms with Gasteiger partial charge < -0.3 is 18.9 Å². The number of carbonyl (C=O) groups is 5. The van der Waals surface area contributed by atoms with Gasteiger partial charge in [0.05, 0.1) is 12.7 Å². The first kappa shape index (κ1) is 34.8. The summed E-state index contributed by atoms with van der Waals surface area (Å²) in [4.78, 5) is 66.2. The number of carbonyl (C=O) groups excluding carboxylic acids is 5. The molecule has 1 fully saturated rings. The van der Waals surface area contributed by atoms with Crippen LogP contribution in [0.2, 0.25) is 0 Å². The van der Waals surface area contributed by atoms with Gasteiger partial charge in [0.15, 0.2) is 11.8 Å². The summed E-state index contributed by atoms with van der Waals surface area (Å²) in [5.74, 6) is -1.11. The molecule has 1 aromatic carbocycles. The highest BCUT2D eigenvalue weighted by Gasteiger charge is 2.42. The fourth-order valence-electron chi connectivity index (χ4n) is 4.94. The molecule has 0 spiro atoms. The summed E-state index contributed by atoms with van der Waals surface area (Å²) in [6.45, 7) is 16.0. The number of imide groups is 1. The van der Waals surface area contributed by atoms with Gasteiger partial charge in [0.1, 0.15) is 17.3 Å². The molecular weight excluding hydrogens is 542 g/mol. The van der Waals surface area contributed by atoms with Crippen molar-refractivity contribution in [3.63, 3.8) is 0 Å². The van der Waals surface area contributed by atoms with Gasteiger partial charge in [0, 0.05) is 12.0 Å². The van der Waals surface area contributed by atoms with Crippen LogP contribution < -0.4 is 0 Å². The molecule has 2 rings (SSSR count). The summed E-state index contributed by atoms with van der Waals surface area (Å²) >= 11 is 0. The molecule has 10 nitrogen and oxygen atoms in total. The molecule has 0 radical (unpaired) electrons. The number of nitrogens with zero attached hydrogens (tertiary/aromatic N) is 1. The van der Waals surface area contributed by atoms with Crippen LogP contribution in [0.3, 0.4) is 0 Å². The Kier molecular flexibility index (Phi) is 11.7. The van der Waals surface area contributed by atoms with Crippen LogP contribution in [0.1, 0.15) is 109 Å². The second-order valence-electron chi connectivity index (χ2n) is 13.3. The van der Waals surface area contributed by atoms with E-state index in [2.05, 4.69) is 20.8 Å². The number of ether oxygens (including phenoxy) is 4. The quantitative estimate of drug-likeness (QED) is 0.187. The van der Waals surface area contributed by atoms with Gasteiger partial charge in [-0.1, -0.05) is 39.3 Å². The summed E-state index contributed by atoms with van der Waals surface area (Å²) in [7, 11) is 1.08. The van der Waals surface area contributed by atoms with E-state index < -0.39 is 53.6 Å². The number of esters is 2. The van der Waals surface area contributed by atoms with Crippen LogP contribution >= 0.6 is 0 Å². The second kappa shape index (κ2) is 14.2. The minimum absolute atomic E-state index is 0.101. The molecule has 1 unspecified atom stereocenters. The van der Waals surface area contributed by atoms with E-state index in [0.29, 0.717) is 16.7 Å². The topological polar surface area (TPSA) is 126 Å². The maximum atomic E-state index is 13.5. The molecule has 0 saturated heterocycles. The summed E-state index contributed by atoms with van der Waals surface area (Å²) in [6.07, 6.45) is -0.335. The van der Waals surface area contributed by atoms with E-state index in [9.17, 15) is 24.0 Å². The van der Waals surface area contributed by atoms with Crippen molar-refractivity contribution in [3.8, 4) is 0 Å². The third-order valence-electron chi connectivity index (χ3n) is 6.98. The predicted octanol–water partition coefficient (Wildman–Crippen LogP) is 6.59. The van der Waals surface area contributed by atoms with Crippen molar-refractivity contribution in [2.24, 2.45) is 17.8 Å². The maximum Gasteiger partial charge on any atom is 0.420 e. The lowest BCUT2D eigenvalue weighted by Crippen LogP contribution is -2.53. The normalized spacial score (nSPS) is 19.8. The molecule has 10 heteroatoms. The van der Waals surface area contributed by atoms with E-state index >= 15 is 0 Å². The maximum absolute atomic E-state index is 13.5. The molecular formula is C32H47NO9.